The molecule has 5 N–H and O–H groups in total. The van der Waals surface area contributed by atoms with Gasteiger partial charge in [0.1, 0.15) is 17.0 Å². The van der Waals surface area contributed by atoms with Crippen LogP contribution >= 0.6 is 0 Å². The van der Waals surface area contributed by atoms with Crippen LogP contribution in [0, 0.1) is 0 Å². The maximum Gasteiger partial charge on any atom is 0.262 e. The first-order valence-electron chi connectivity index (χ1n) is 11.3. The number of benzene rings is 1. The highest BCUT2D eigenvalue weighted by Gasteiger charge is 2.22. The molecular formula is C23H29N7O2. The van der Waals surface area contributed by atoms with E-state index >= 15 is 0 Å². The quantitative estimate of drug-likeness (QED) is 0.483. The van der Waals surface area contributed by atoms with Gasteiger partial charge in [-0.3, -0.25) is 4.79 Å². The highest BCUT2D eigenvalue weighted by Crippen LogP contribution is 2.27. The Labute approximate surface area is 186 Å². The second kappa shape index (κ2) is 9.13. The Kier molecular flexibility index (Phi) is 5.91. The molecule has 0 spiro atoms. The Balaban J connectivity index is 1.43. The number of anilines is 4. The van der Waals surface area contributed by atoms with Crippen LogP contribution in [0.3, 0.4) is 0 Å². The molecule has 1 saturated carbocycles. The molecule has 0 radical (unpaired) electrons. The number of nitrogens with one attached hydrogen (secondary N) is 3. The molecule has 1 aliphatic heterocycles. The van der Waals surface area contributed by atoms with Gasteiger partial charge in [0.15, 0.2) is 0 Å². The van der Waals surface area contributed by atoms with Gasteiger partial charge in [0.2, 0.25) is 0 Å². The van der Waals surface area contributed by atoms with Gasteiger partial charge in [0.05, 0.1) is 25.1 Å². The zero-order valence-corrected chi connectivity index (χ0v) is 18.0. The van der Waals surface area contributed by atoms with Crippen LogP contribution in [-0.4, -0.2) is 53.3 Å². The molecule has 3 heterocycles. The monoisotopic (exact) mass is 435 g/mol. The molecule has 0 bridgehead atoms. The van der Waals surface area contributed by atoms with Crippen LogP contribution in [0.25, 0.3) is 10.9 Å². The molecule has 2 aliphatic rings. The molecule has 0 unspecified atom stereocenters. The Morgan fingerprint density at radius 1 is 1.12 bits per heavy atom. The standard InChI is InChI=1S/C23H29N7O2/c24-17-3-1-2-4-18(17)28-20-13-19-21(23(31)26-14-25-19)22(29-20)27-15-5-7-16(8-6-15)30-9-11-32-12-10-30/h5-8,13-14,17-18H,1-4,9-12,24H2,(H,25,26,31)(H2,27,28,29)/t17-,18+/m1/s1. The first-order valence-corrected chi connectivity index (χ1v) is 11.3. The summed E-state index contributed by atoms with van der Waals surface area (Å²) in [5, 5.41) is 7.23. The second-order valence-electron chi connectivity index (χ2n) is 8.45. The first kappa shape index (κ1) is 20.7. The number of nitrogens with zero attached hydrogens (tertiary/aromatic N) is 3. The number of H-pyrrole nitrogens is 1. The van der Waals surface area contributed by atoms with E-state index in [2.05, 4.69) is 37.6 Å². The molecule has 5 rings (SSSR count). The molecule has 1 saturated heterocycles. The number of fused-ring (bicyclic) bond motifs is 1. The van der Waals surface area contributed by atoms with Crippen molar-refractivity contribution in [3.8, 4) is 0 Å². The summed E-state index contributed by atoms with van der Waals surface area (Å²) in [6.07, 6.45) is 5.74. The summed E-state index contributed by atoms with van der Waals surface area (Å²) in [4.78, 5) is 26.6. The number of pyridine rings is 1. The Morgan fingerprint density at radius 2 is 1.91 bits per heavy atom. The van der Waals surface area contributed by atoms with E-state index in [1.54, 1.807) is 0 Å². The fourth-order valence-corrected chi connectivity index (χ4v) is 4.50. The average Bonchev–Trinajstić information content (AvgIpc) is 2.82. The number of morpholine rings is 1. The summed E-state index contributed by atoms with van der Waals surface area (Å²) in [5.41, 5.74) is 8.68. The maximum absolute atomic E-state index is 12.6. The molecule has 32 heavy (non-hydrogen) atoms. The lowest BCUT2D eigenvalue weighted by Crippen LogP contribution is -2.42. The minimum atomic E-state index is -0.226. The van der Waals surface area contributed by atoms with Gasteiger partial charge in [-0.1, -0.05) is 12.8 Å². The lowest BCUT2D eigenvalue weighted by molar-refractivity contribution is 0.122. The van der Waals surface area contributed by atoms with Crippen LogP contribution in [0.2, 0.25) is 0 Å². The predicted octanol–water partition coefficient (Wildman–Crippen LogP) is 2.58. The van der Waals surface area contributed by atoms with Crippen molar-refractivity contribution in [3.05, 3.63) is 47.0 Å². The molecule has 1 aliphatic carbocycles. The molecule has 3 aromatic rings. The Morgan fingerprint density at radius 3 is 2.69 bits per heavy atom. The van der Waals surface area contributed by atoms with E-state index in [4.69, 9.17) is 15.5 Å². The average molecular weight is 436 g/mol. The smallest absolute Gasteiger partial charge is 0.262 e. The predicted molar refractivity (Wildman–Crippen MR) is 127 cm³/mol. The topological polar surface area (TPSA) is 121 Å². The summed E-state index contributed by atoms with van der Waals surface area (Å²) >= 11 is 0. The second-order valence-corrected chi connectivity index (χ2v) is 8.45. The first-order chi connectivity index (χ1) is 15.7. The van der Waals surface area contributed by atoms with E-state index in [9.17, 15) is 4.79 Å². The summed E-state index contributed by atoms with van der Waals surface area (Å²) in [5.74, 6) is 1.15. The summed E-state index contributed by atoms with van der Waals surface area (Å²) in [6, 6.07) is 10.2. The third-order valence-electron chi connectivity index (χ3n) is 6.28. The fourth-order valence-electron chi connectivity index (χ4n) is 4.50. The van der Waals surface area contributed by atoms with Crippen molar-refractivity contribution in [1.82, 2.24) is 15.0 Å². The molecule has 9 heteroatoms. The minimum Gasteiger partial charge on any atom is -0.378 e. The van der Waals surface area contributed by atoms with E-state index in [0.29, 0.717) is 22.5 Å². The van der Waals surface area contributed by atoms with Gasteiger partial charge in [-0.15, -0.1) is 0 Å². The largest absolute Gasteiger partial charge is 0.378 e. The van der Waals surface area contributed by atoms with Crippen LogP contribution in [-0.2, 0) is 4.74 Å². The van der Waals surface area contributed by atoms with Crippen molar-refractivity contribution in [1.29, 1.82) is 0 Å². The number of hydrogen-bond donors (Lipinski definition) is 4. The fraction of sp³-hybridized carbons (Fsp3) is 0.435. The van der Waals surface area contributed by atoms with Crippen LogP contribution < -0.4 is 26.8 Å². The molecule has 2 fully saturated rings. The van der Waals surface area contributed by atoms with Gasteiger partial charge in [-0.25, -0.2) is 9.97 Å². The van der Waals surface area contributed by atoms with Gasteiger partial charge in [0, 0.05) is 42.6 Å². The van der Waals surface area contributed by atoms with Crippen molar-refractivity contribution in [2.24, 2.45) is 5.73 Å². The molecule has 2 aromatic heterocycles. The van der Waals surface area contributed by atoms with Crippen molar-refractivity contribution < 1.29 is 4.74 Å². The highest BCUT2D eigenvalue weighted by molar-refractivity contribution is 5.92. The summed E-state index contributed by atoms with van der Waals surface area (Å²) < 4.78 is 5.43. The molecule has 0 amide bonds. The Bertz CT molecular complexity index is 1130. The third kappa shape index (κ3) is 4.39. The van der Waals surface area contributed by atoms with E-state index in [1.807, 2.05) is 18.2 Å². The van der Waals surface area contributed by atoms with Crippen LogP contribution in [0.5, 0.6) is 0 Å². The zero-order chi connectivity index (χ0) is 21.9. The van der Waals surface area contributed by atoms with E-state index in [-0.39, 0.29) is 17.6 Å². The third-order valence-corrected chi connectivity index (χ3v) is 6.28. The van der Waals surface area contributed by atoms with Crippen molar-refractivity contribution in [2.45, 2.75) is 37.8 Å². The summed E-state index contributed by atoms with van der Waals surface area (Å²) in [6.45, 7) is 3.26. The van der Waals surface area contributed by atoms with Crippen molar-refractivity contribution >= 4 is 33.9 Å². The number of nitrogens with two attached hydrogens (primary N) is 1. The van der Waals surface area contributed by atoms with Crippen LogP contribution in [0.4, 0.5) is 23.0 Å². The number of hydrogen-bond acceptors (Lipinski definition) is 8. The van der Waals surface area contributed by atoms with Gasteiger partial charge in [0.25, 0.3) is 5.56 Å². The van der Waals surface area contributed by atoms with Gasteiger partial charge in [-0.2, -0.15) is 0 Å². The normalized spacial score (nSPS) is 21.5. The number of ether oxygens (including phenoxy) is 1. The van der Waals surface area contributed by atoms with Crippen LogP contribution in [0.15, 0.2) is 41.5 Å². The minimum absolute atomic E-state index is 0.0949. The molecule has 168 valence electrons. The van der Waals surface area contributed by atoms with Gasteiger partial charge < -0.3 is 31.0 Å². The SMILES string of the molecule is N[C@@H]1CCCC[C@@H]1Nc1cc2nc[nH]c(=O)c2c(Nc2ccc(N3CCOCC3)cc2)n1. The Hall–Kier alpha value is -3.17. The molecule has 2 atom stereocenters. The van der Waals surface area contributed by atoms with Crippen LogP contribution in [0.1, 0.15) is 25.7 Å². The lowest BCUT2D eigenvalue weighted by atomic mass is 9.91. The highest BCUT2D eigenvalue weighted by atomic mass is 16.5. The number of aromatic amines is 1. The van der Waals surface area contributed by atoms with Gasteiger partial charge in [-0.05, 0) is 37.1 Å². The van der Waals surface area contributed by atoms with Gasteiger partial charge >= 0.3 is 0 Å². The number of aromatic nitrogens is 3. The van der Waals surface area contributed by atoms with E-state index < -0.39 is 0 Å². The van der Waals surface area contributed by atoms with Crippen molar-refractivity contribution in [3.63, 3.8) is 0 Å². The molecule has 9 nitrogen and oxygen atoms in total. The van der Waals surface area contributed by atoms with Crippen molar-refractivity contribution in [2.75, 3.05) is 41.8 Å². The lowest BCUT2D eigenvalue weighted by Gasteiger charge is -2.30. The number of rotatable bonds is 5. The summed E-state index contributed by atoms with van der Waals surface area (Å²) in [7, 11) is 0. The van der Waals surface area contributed by atoms with E-state index in [1.165, 1.54) is 6.33 Å². The molecular weight excluding hydrogens is 406 g/mol. The maximum atomic E-state index is 12.6. The molecule has 1 aromatic carbocycles. The van der Waals surface area contributed by atoms with E-state index in [0.717, 1.165) is 63.4 Å². The zero-order valence-electron chi connectivity index (χ0n) is 18.0.